The van der Waals surface area contributed by atoms with Crippen LogP contribution in [0.3, 0.4) is 0 Å². The number of benzene rings is 3. The van der Waals surface area contributed by atoms with Gasteiger partial charge in [0.15, 0.2) is 0 Å². The van der Waals surface area contributed by atoms with E-state index in [2.05, 4.69) is 0 Å². The van der Waals surface area contributed by atoms with E-state index in [1.54, 1.807) is 11.0 Å². The number of aryl methyl sites for hydroxylation is 1. The lowest BCUT2D eigenvalue weighted by molar-refractivity contribution is 0.0976. The van der Waals surface area contributed by atoms with Gasteiger partial charge in [0.1, 0.15) is 5.82 Å². The van der Waals surface area contributed by atoms with Gasteiger partial charge in [0.25, 0.3) is 5.91 Å². The van der Waals surface area contributed by atoms with Crippen LogP contribution < -0.4 is 4.90 Å². The fraction of sp³-hybridized carbons (Fsp3) is 0.154. The number of nitrogens with zero attached hydrogens (tertiary/aromatic N) is 2. The molecule has 0 N–H and O–H groups in total. The lowest BCUT2D eigenvalue weighted by Gasteiger charge is -2.35. The molecule has 2 heterocycles. The van der Waals surface area contributed by atoms with Crippen molar-refractivity contribution in [2.45, 2.75) is 25.8 Å². The number of carbonyl (C=O) groups excluding carboxylic acids is 1. The summed E-state index contributed by atoms with van der Waals surface area (Å²) >= 11 is 6.42. The van der Waals surface area contributed by atoms with E-state index < -0.39 is 0 Å². The van der Waals surface area contributed by atoms with Crippen LogP contribution in [0.2, 0.25) is 5.02 Å². The zero-order valence-corrected chi connectivity index (χ0v) is 17.7. The van der Waals surface area contributed by atoms with E-state index in [1.165, 1.54) is 12.1 Å². The molecule has 5 heteroatoms. The molecule has 4 aromatic rings. The maximum Gasteiger partial charge on any atom is 0.259 e. The normalized spacial score (nSPS) is 15.7. The van der Waals surface area contributed by atoms with Gasteiger partial charge in [0, 0.05) is 27.7 Å². The first-order valence-corrected chi connectivity index (χ1v) is 10.7. The maximum absolute atomic E-state index is 13.9. The van der Waals surface area contributed by atoms with Gasteiger partial charge in [-0.25, -0.2) is 9.37 Å². The second kappa shape index (κ2) is 7.78. The van der Waals surface area contributed by atoms with Crippen molar-refractivity contribution in [3.05, 3.63) is 94.8 Å². The standard InChI is InChI=1S/C26H20ClFN2O/c1-16-10-11-17-14-18(28)12-13-25(17)30(16)26(31)21-15-24(20-7-2-4-8-22(20)27)29-23-9-5-3-6-19(21)23/h2-9,12-16H,10-11H2,1H3/t16-/m1/s1. The lowest BCUT2D eigenvalue weighted by Crippen LogP contribution is -2.42. The van der Waals surface area contributed by atoms with Crippen molar-refractivity contribution in [2.75, 3.05) is 4.90 Å². The molecular weight excluding hydrogens is 411 g/mol. The van der Waals surface area contributed by atoms with Crippen LogP contribution in [0.15, 0.2) is 72.8 Å². The number of pyridine rings is 1. The number of anilines is 1. The van der Waals surface area contributed by atoms with Crippen LogP contribution in [-0.2, 0) is 6.42 Å². The van der Waals surface area contributed by atoms with Crippen molar-refractivity contribution in [1.82, 2.24) is 4.98 Å². The number of carbonyl (C=O) groups is 1. The number of fused-ring (bicyclic) bond motifs is 2. The summed E-state index contributed by atoms with van der Waals surface area (Å²) in [6, 6.07) is 21.6. The Kier molecular flexibility index (Phi) is 4.95. The van der Waals surface area contributed by atoms with E-state index in [-0.39, 0.29) is 17.8 Å². The first-order chi connectivity index (χ1) is 15.0. The van der Waals surface area contributed by atoms with Crippen molar-refractivity contribution >= 4 is 34.1 Å². The number of amides is 1. The van der Waals surface area contributed by atoms with E-state index in [0.29, 0.717) is 16.3 Å². The number of hydrogen-bond donors (Lipinski definition) is 0. The molecule has 0 unspecified atom stereocenters. The van der Waals surface area contributed by atoms with Gasteiger partial charge in [0.2, 0.25) is 0 Å². The summed E-state index contributed by atoms with van der Waals surface area (Å²) in [7, 11) is 0. The van der Waals surface area contributed by atoms with Gasteiger partial charge in [-0.3, -0.25) is 4.79 Å². The molecule has 0 spiro atoms. The Bertz CT molecular complexity index is 1320. The zero-order chi connectivity index (χ0) is 21.5. The molecule has 1 atom stereocenters. The van der Waals surface area contributed by atoms with E-state index in [1.807, 2.05) is 61.5 Å². The van der Waals surface area contributed by atoms with Crippen molar-refractivity contribution in [3.63, 3.8) is 0 Å². The predicted octanol–water partition coefficient (Wildman–Crippen LogP) is 6.68. The van der Waals surface area contributed by atoms with Crippen molar-refractivity contribution < 1.29 is 9.18 Å². The van der Waals surface area contributed by atoms with Crippen LogP contribution in [0.1, 0.15) is 29.3 Å². The molecule has 0 radical (unpaired) electrons. The smallest absolute Gasteiger partial charge is 0.259 e. The summed E-state index contributed by atoms with van der Waals surface area (Å²) in [5.41, 5.74) is 4.34. The van der Waals surface area contributed by atoms with Gasteiger partial charge in [-0.1, -0.05) is 48.0 Å². The van der Waals surface area contributed by atoms with E-state index in [4.69, 9.17) is 16.6 Å². The Morgan fingerprint density at radius 1 is 1.06 bits per heavy atom. The highest BCUT2D eigenvalue weighted by atomic mass is 35.5. The van der Waals surface area contributed by atoms with Gasteiger partial charge >= 0.3 is 0 Å². The summed E-state index contributed by atoms with van der Waals surface area (Å²) in [5, 5.41) is 1.36. The Labute approximate surface area is 185 Å². The third kappa shape index (κ3) is 3.47. The summed E-state index contributed by atoms with van der Waals surface area (Å²) < 4.78 is 13.8. The molecule has 0 saturated heterocycles. The highest BCUT2D eigenvalue weighted by Crippen LogP contribution is 2.35. The van der Waals surface area contributed by atoms with Gasteiger partial charge in [-0.2, -0.15) is 0 Å². The van der Waals surface area contributed by atoms with Crippen molar-refractivity contribution in [1.29, 1.82) is 0 Å². The SMILES string of the molecule is C[C@@H]1CCc2cc(F)ccc2N1C(=O)c1cc(-c2ccccc2Cl)nc2ccccc12. The summed E-state index contributed by atoms with van der Waals surface area (Å²) in [5.74, 6) is -0.400. The van der Waals surface area contributed by atoms with Crippen LogP contribution >= 0.6 is 11.6 Å². The highest BCUT2D eigenvalue weighted by molar-refractivity contribution is 6.33. The number of rotatable bonds is 2. The first kappa shape index (κ1) is 19.7. The highest BCUT2D eigenvalue weighted by Gasteiger charge is 2.30. The topological polar surface area (TPSA) is 33.2 Å². The molecule has 154 valence electrons. The quantitative estimate of drug-likeness (QED) is 0.355. The molecule has 0 fully saturated rings. The molecule has 31 heavy (non-hydrogen) atoms. The third-order valence-electron chi connectivity index (χ3n) is 5.89. The lowest BCUT2D eigenvalue weighted by atomic mass is 9.94. The van der Waals surface area contributed by atoms with Crippen LogP contribution in [0, 0.1) is 5.82 Å². The van der Waals surface area contributed by atoms with Gasteiger partial charge < -0.3 is 4.90 Å². The molecule has 0 saturated carbocycles. The van der Waals surface area contributed by atoms with Crippen molar-refractivity contribution in [2.24, 2.45) is 0 Å². The zero-order valence-electron chi connectivity index (χ0n) is 17.0. The second-order valence-electron chi connectivity index (χ2n) is 7.89. The predicted molar refractivity (Wildman–Crippen MR) is 123 cm³/mol. The van der Waals surface area contributed by atoms with E-state index in [0.717, 1.165) is 40.6 Å². The van der Waals surface area contributed by atoms with Crippen LogP contribution in [-0.4, -0.2) is 16.9 Å². The summed E-state index contributed by atoms with van der Waals surface area (Å²) in [6.45, 7) is 2.03. The minimum atomic E-state index is -0.281. The molecule has 1 amide bonds. The number of halogens is 2. The van der Waals surface area contributed by atoms with E-state index in [9.17, 15) is 9.18 Å². The molecule has 1 aliphatic rings. The fourth-order valence-corrected chi connectivity index (χ4v) is 4.55. The molecule has 3 nitrogen and oxygen atoms in total. The van der Waals surface area contributed by atoms with Crippen LogP contribution in [0.4, 0.5) is 10.1 Å². The molecule has 5 rings (SSSR count). The van der Waals surface area contributed by atoms with Gasteiger partial charge in [-0.15, -0.1) is 0 Å². The Morgan fingerprint density at radius 3 is 2.68 bits per heavy atom. The van der Waals surface area contributed by atoms with Gasteiger partial charge in [-0.05, 0) is 61.7 Å². The van der Waals surface area contributed by atoms with Crippen LogP contribution in [0.25, 0.3) is 22.2 Å². The summed E-state index contributed by atoms with van der Waals surface area (Å²) in [4.78, 5) is 20.5. The van der Waals surface area contributed by atoms with E-state index >= 15 is 0 Å². The summed E-state index contributed by atoms with van der Waals surface area (Å²) in [6.07, 6.45) is 1.53. The maximum atomic E-state index is 13.9. The molecular formula is C26H20ClFN2O. The largest absolute Gasteiger partial charge is 0.305 e. The second-order valence-corrected chi connectivity index (χ2v) is 8.30. The number of para-hydroxylation sites is 1. The fourth-order valence-electron chi connectivity index (χ4n) is 4.32. The minimum absolute atomic E-state index is 0.00107. The Hall–Kier alpha value is -3.24. The molecule has 1 aromatic heterocycles. The Balaban J connectivity index is 1.70. The monoisotopic (exact) mass is 430 g/mol. The average molecular weight is 431 g/mol. The van der Waals surface area contributed by atoms with Gasteiger partial charge in [0.05, 0.1) is 16.8 Å². The molecule has 3 aromatic carbocycles. The first-order valence-electron chi connectivity index (χ1n) is 10.3. The van der Waals surface area contributed by atoms with Crippen molar-refractivity contribution in [3.8, 4) is 11.3 Å². The number of hydrogen-bond acceptors (Lipinski definition) is 2. The molecule has 1 aliphatic heterocycles. The van der Waals surface area contributed by atoms with Crippen LogP contribution in [0.5, 0.6) is 0 Å². The molecule has 0 aliphatic carbocycles. The Morgan fingerprint density at radius 2 is 1.84 bits per heavy atom. The number of aromatic nitrogens is 1. The minimum Gasteiger partial charge on any atom is -0.305 e. The average Bonchev–Trinajstić information content (AvgIpc) is 2.78. The third-order valence-corrected chi connectivity index (χ3v) is 6.22. The molecule has 0 bridgehead atoms.